The van der Waals surface area contributed by atoms with Crippen molar-refractivity contribution in [1.82, 2.24) is 10.2 Å². The van der Waals surface area contributed by atoms with Crippen LogP contribution in [0.4, 0.5) is 8.78 Å². The van der Waals surface area contributed by atoms with E-state index in [0.29, 0.717) is 6.04 Å². The number of benzene rings is 1. The molecule has 1 atom stereocenters. The standard InChI is InChI=1S/C16H22F2N2O/c1-2-3-4-15(20-11-9-19-10-12-20)13-5-7-14(8-6-13)21-16(17)18/h2,5-8,15-16,19H,1,3-4,9-12H2/t15-/m0/s1. The lowest BCUT2D eigenvalue weighted by Crippen LogP contribution is -2.45. The maximum atomic E-state index is 12.2. The van der Waals surface area contributed by atoms with Gasteiger partial charge < -0.3 is 10.1 Å². The Balaban J connectivity index is 2.09. The first-order valence-corrected chi connectivity index (χ1v) is 7.31. The van der Waals surface area contributed by atoms with Crippen LogP contribution >= 0.6 is 0 Å². The lowest BCUT2D eigenvalue weighted by Gasteiger charge is -2.35. The fourth-order valence-electron chi connectivity index (χ4n) is 2.70. The number of nitrogens with zero attached hydrogens (tertiary/aromatic N) is 1. The molecule has 1 N–H and O–H groups in total. The Morgan fingerprint density at radius 1 is 1.24 bits per heavy atom. The summed E-state index contributed by atoms with van der Waals surface area (Å²) in [6.07, 6.45) is 3.84. The van der Waals surface area contributed by atoms with Gasteiger partial charge in [-0.1, -0.05) is 18.2 Å². The summed E-state index contributed by atoms with van der Waals surface area (Å²) >= 11 is 0. The van der Waals surface area contributed by atoms with Gasteiger partial charge >= 0.3 is 6.61 Å². The lowest BCUT2D eigenvalue weighted by atomic mass is 9.99. The van der Waals surface area contributed by atoms with Crippen LogP contribution in [0.1, 0.15) is 24.4 Å². The number of allylic oxidation sites excluding steroid dienone is 1. The number of halogens is 2. The monoisotopic (exact) mass is 296 g/mol. The normalized spacial score (nSPS) is 17.7. The Morgan fingerprint density at radius 3 is 2.48 bits per heavy atom. The van der Waals surface area contributed by atoms with Gasteiger partial charge in [0.15, 0.2) is 0 Å². The lowest BCUT2D eigenvalue weighted by molar-refractivity contribution is -0.0498. The number of rotatable bonds is 7. The molecule has 1 aromatic rings. The van der Waals surface area contributed by atoms with Gasteiger partial charge in [0.25, 0.3) is 0 Å². The van der Waals surface area contributed by atoms with E-state index < -0.39 is 6.61 Å². The summed E-state index contributed by atoms with van der Waals surface area (Å²) in [7, 11) is 0. The van der Waals surface area contributed by atoms with Gasteiger partial charge in [0.2, 0.25) is 0 Å². The molecule has 0 amide bonds. The third-order valence-electron chi connectivity index (χ3n) is 3.73. The van der Waals surface area contributed by atoms with Crippen LogP contribution in [0, 0.1) is 0 Å². The highest BCUT2D eigenvalue weighted by molar-refractivity contribution is 5.29. The number of hydrogen-bond donors (Lipinski definition) is 1. The molecule has 1 aliphatic rings. The molecule has 0 unspecified atom stereocenters. The van der Waals surface area contributed by atoms with Crippen LogP contribution in [0.5, 0.6) is 5.75 Å². The molecule has 116 valence electrons. The van der Waals surface area contributed by atoms with E-state index in [1.165, 1.54) is 0 Å². The Bertz CT molecular complexity index is 430. The Kier molecular flexibility index (Phi) is 6.14. The Hall–Kier alpha value is -1.46. The first kappa shape index (κ1) is 15.9. The SMILES string of the molecule is C=CCC[C@@H](c1ccc(OC(F)F)cc1)N1CCNCC1. The predicted octanol–water partition coefficient (Wildman–Crippen LogP) is 3.20. The molecule has 0 spiro atoms. The Morgan fingerprint density at radius 2 is 1.90 bits per heavy atom. The first-order chi connectivity index (χ1) is 10.2. The summed E-state index contributed by atoms with van der Waals surface area (Å²) in [5, 5.41) is 3.34. The fourth-order valence-corrected chi connectivity index (χ4v) is 2.70. The number of hydrogen-bond acceptors (Lipinski definition) is 3. The molecule has 0 bridgehead atoms. The van der Waals surface area contributed by atoms with Gasteiger partial charge in [0, 0.05) is 32.2 Å². The topological polar surface area (TPSA) is 24.5 Å². The summed E-state index contributed by atoms with van der Waals surface area (Å²) in [6, 6.07) is 7.29. The summed E-state index contributed by atoms with van der Waals surface area (Å²) in [6.45, 7) is 4.97. The van der Waals surface area contributed by atoms with Crippen molar-refractivity contribution in [1.29, 1.82) is 0 Å². The van der Waals surface area contributed by atoms with Gasteiger partial charge in [-0.05, 0) is 30.5 Å². The van der Waals surface area contributed by atoms with Gasteiger partial charge in [-0.2, -0.15) is 8.78 Å². The van der Waals surface area contributed by atoms with Crippen molar-refractivity contribution in [2.24, 2.45) is 0 Å². The second-order valence-corrected chi connectivity index (χ2v) is 5.12. The van der Waals surface area contributed by atoms with Crippen LogP contribution in [-0.4, -0.2) is 37.7 Å². The average molecular weight is 296 g/mol. The van der Waals surface area contributed by atoms with Crippen molar-refractivity contribution in [3.8, 4) is 5.75 Å². The van der Waals surface area contributed by atoms with Gasteiger partial charge in [0.1, 0.15) is 5.75 Å². The molecule has 1 fully saturated rings. The third kappa shape index (κ3) is 4.79. The van der Waals surface area contributed by atoms with E-state index in [2.05, 4.69) is 21.5 Å². The Labute approximate surface area is 124 Å². The van der Waals surface area contributed by atoms with E-state index in [1.54, 1.807) is 12.1 Å². The molecule has 0 aliphatic carbocycles. The molecule has 0 saturated carbocycles. The highest BCUT2D eigenvalue weighted by Crippen LogP contribution is 2.28. The molecule has 2 rings (SSSR count). The minimum absolute atomic E-state index is 0.205. The molecular weight excluding hydrogens is 274 g/mol. The van der Waals surface area contributed by atoms with Crippen molar-refractivity contribution in [3.05, 3.63) is 42.5 Å². The maximum Gasteiger partial charge on any atom is 0.387 e. The zero-order valence-corrected chi connectivity index (χ0v) is 12.1. The van der Waals surface area contributed by atoms with Crippen LogP contribution in [0.3, 0.4) is 0 Å². The average Bonchev–Trinajstić information content (AvgIpc) is 2.50. The molecule has 1 aromatic carbocycles. The van der Waals surface area contributed by atoms with E-state index in [1.807, 2.05) is 18.2 Å². The summed E-state index contributed by atoms with van der Waals surface area (Å²) in [5.41, 5.74) is 1.14. The van der Waals surface area contributed by atoms with E-state index in [0.717, 1.165) is 44.6 Å². The van der Waals surface area contributed by atoms with E-state index >= 15 is 0 Å². The largest absolute Gasteiger partial charge is 0.435 e. The van der Waals surface area contributed by atoms with E-state index in [9.17, 15) is 8.78 Å². The molecule has 21 heavy (non-hydrogen) atoms. The second-order valence-electron chi connectivity index (χ2n) is 5.12. The summed E-state index contributed by atoms with van der Waals surface area (Å²) in [4.78, 5) is 2.43. The van der Waals surface area contributed by atoms with Crippen molar-refractivity contribution in [2.45, 2.75) is 25.5 Å². The van der Waals surface area contributed by atoms with Crippen LogP contribution in [0.25, 0.3) is 0 Å². The number of alkyl halides is 2. The second kappa shape index (κ2) is 8.10. The highest BCUT2D eigenvalue weighted by atomic mass is 19.3. The third-order valence-corrected chi connectivity index (χ3v) is 3.73. The van der Waals surface area contributed by atoms with Crippen molar-refractivity contribution in [3.63, 3.8) is 0 Å². The van der Waals surface area contributed by atoms with Crippen LogP contribution < -0.4 is 10.1 Å². The number of piperazine rings is 1. The molecule has 1 saturated heterocycles. The van der Waals surface area contributed by atoms with Crippen molar-refractivity contribution < 1.29 is 13.5 Å². The van der Waals surface area contributed by atoms with Crippen molar-refractivity contribution >= 4 is 0 Å². The molecular formula is C16H22F2N2O. The zero-order valence-electron chi connectivity index (χ0n) is 12.1. The van der Waals surface area contributed by atoms with E-state index in [-0.39, 0.29) is 5.75 Å². The quantitative estimate of drug-likeness (QED) is 0.782. The molecule has 0 radical (unpaired) electrons. The number of ether oxygens (including phenoxy) is 1. The van der Waals surface area contributed by atoms with Gasteiger partial charge in [-0.15, -0.1) is 6.58 Å². The molecule has 5 heteroatoms. The molecule has 1 aliphatic heterocycles. The molecule has 3 nitrogen and oxygen atoms in total. The molecule has 1 heterocycles. The first-order valence-electron chi connectivity index (χ1n) is 7.31. The van der Waals surface area contributed by atoms with Gasteiger partial charge in [-0.3, -0.25) is 4.90 Å². The summed E-state index contributed by atoms with van der Waals surface area (Å²) in [5.74, 6) is 0.205. The van der Waals surface area contributed by atoms with Crippen molar-refractivity contribution in [2.75, 3.05) is 26.2 Å². The minimum atomic E-state index is -2.78. The van der Waals surface area contributed by atoms with Crippen LogP contribution in [-0.2, 0) is 0 Å². The maximum absolute atomic E-state index is 12.2. The minimum Gasteiger partial charge on any atom is -0.435 e. The summed E-state index contributed by atoms with van der Waals surface area (Å²) < 4.78 is 28.8. The van der Waals surface area contributed by atoms with E-state index in [4.69, 9.17) is 0 Å². The number of nitrogens with one attached hydrogen (secondary N) is 1. The fraction of sp³-hybridized carbons (Fsp3) is 0.500. The molecule has 0 aromatic heterocycles. The van der Waals surface area contributed by atoms with Gasteiger partial charge in [-0.25, -0.2) is 0 Å². The smallest absolute Gasteiger partial charge is 0.387 e. The zero-order chi connectivity index (χ0) is 15.1. The highest BCUT2D eigenvalue weighted by Gasteiger charge is 2.21. The van der Waals surface area contributed by atoms with Crippen LogP contribution in [0.15, 0.2) is 36.9 Å². The van der Waals surface area contributed by atoms with Crippen LogP contribution in [0.2, 0.25) is 0 Å². The van der Waals surface area contributed by atoms with Gasteiger partial charge in [0.05, 0.1) is 0 Å². The predicted molar refractivity (Wildman–Crippen MR) is 79.7 cm³/mol.